The summed E-state index contributed by atoms with van der Waals surface area (Å²) in [5, 5.41) is 0. The largest absolute Gasteiger partial charge is 0.494 e. The van der Waals surface area contributed by atoms with Gasteiger partial charge in [-0.1, -0.05) is 6.92 Å². The SMILES string of the molecule is CCCOc1ccc(C(=O)C=Cc2ccc(OC(C)C)cc2OC(C)C)cc1. The van der Waals surface area contributed by atoms with E-state index in [0.717, 1.165) is 23.5 Å². The smallest absolute Gasteiger partial charge is 0.185 e. The van der Waals surface area contributed by atoms with E-state index in [2.05, 4.69) is 6.92 Å². The van der Waals surface area contributed by atoms with Crippen LogP contribution in [0.3, 0.4) is 0 Å². The Hall–Kier alpha value is -2.75. The van der Waals surface area contributed by atoms with E-state index in [9.17, 15) is 4.79 Å². The molecule has 0 bridgehead atoms. The Morgan fingerprint density at radius 3 is 2.18 bits per heavy atom. The zero-order chi connectivity index (χ0) is 20.5. The van der Waals surface area contributed by atoms with Crippen molar-refractivity contribution in [2.24, 2.45) is 0 Å². The zero-order valence-electron chi connectivity index (χ0n) is 17.4. The third-order valence-electron chi connectivity index (χ3n) is 3.75. The number of benzene rings is 2. The van der Waals surface area contributed by atoms with Crippen molar-refractivity contribution in [2.45, 2.75) is 53.2 Å². The van der Waals surface area contributed by atoms with Crippen LogP contribution in [0.4, 0.5) is 0 Å². The monoisotopic (exact) mass is 382 g/mol. The first-order valence-electron chi connectivity index (χ1n) is 9.81. The molecule has 0 N–H and O–H groups in total. The van der Waals surface area contributed by atoms with Gasteiger partial charge in [-0.25, -0.2) is 0 Å². The minimum absolute atomic E-state index is 0.0211. The molecule has 0 aliphatic heterocycles. The maximum absolute atomic E-state index is 12.5. The van der Waals surface area contributed by atoms with Crippen LogP contribution >= 0.6 is 0 Å². The molecule has 28 heavy (non-hydrogen) atoms. The molecule has 0 fully saturated rings. The molecule has 0 heterocycles. The third-order valence-corrected chi connectivity index (χ3v) is 3.75. The van der Waals surface area contributed by atoms with E-state index in [4.69, 9.17) is 14.2 Å². The van der Waals surface area contributed by atoms with Crippen LogP contribution in [0.25, 0.3) is 6.08 Å². The van der Waals surface area contributed by atoms with Crippen molar-refractivity contribution in [3.05, 3.63) is 59.7 Å². The molecule has 2 aromatic rings. The Morgan fingerprint density at radius 1 is 0.929 bits per heavy atom. The standard InChI is InChI=1S/C24H30O4/c1-6-15-26-21-11-7-19(8-12-21)23(25)14-10-20-9-13-22(27-17(2)3)16-24(20)28-18(4)5/h7-14,16-18H,6,15H2,1-5H3. The fraction of sp³-hybridized carbons (Fsp3) is 0.375. The summed E-state index contributed by atoms with van der Waals surface area (Å²) < 4.78 is 17.2. The number of allylic oxidation sites excluding steroid dienone is 1. The lowest BCUT2D eigenvalue weighted by Gasteiger charge is -2.16. The highest BCUT2D eigenvalue weighted by molar-refractivity contribution is 6.07. The van der Waals surface area contributed by atoms with Crippen molar-refractivity contribution in [2.75, 3.05) is 6.61 Å². The van der Waals surface area contributed by atoms with Gasteiger partial charge in [-0.15, -0.1) is 0 Å². The van der Waals surface area contributed by atoms with Crippen molar-refractivity contribution >= 4 is 11.9 Å². The van der Waals surface area contributed by atoms with Crippen LogP contribution in [0.15, 0.2) is 48.5 Å². The number of hydrogen-bond donors (Lipinski definition) is 0. The van der Waals surface area contributed by atoms with Gasteiger partial charge in [-0.3, -0.25) is 4.79 Å². The lowest BCUT2D eigenvalue weighted by Crippen LogP contribution is -2.09. The van der Waals surface area contributed by atoms with Crippen molar-refractivity contribution in [1.29, 1.82) is 0 Å². The number of carbonyl (C=O) groups excluding carboxylic acids is 1. The van der Waals surface area contributed by atoms with Crippen LogP contribution < -0.4 is 14.2 Å². The molecule has 2 rings (SSSR count). The number of rotatable bonds is 10. The van der Waals surface area contributed by atoms with Gasteiger partial charge in [-0.05, 0) is 82.7 Å². The van der Waals surface area contributed by atoms with Gasteiger partial charge < -0.3 is 14.2 Å². The van der Waals surface area contributed by atoms with Gasteiger partial charge in [-0.2, -0.15) is 0 Å². The van der Waals surface area contributed by atoms with Gasteiger partial charge in [0.25, 0.3) is 0 Å². The average molecular weight is 383 g/mol. The van der Waals surface area contributed by atoms with Crippen LogP contribution in [0.2, 0.25) is 0 Å². The average Bonchev–Trinajstić information content (AvgIpc) is 2.65. The predicted molar refractivity (Wildman–Crippen MR) is 114 cm³/mol. The summed E-state index contributed by atoms with van der Waals surface area (Å²) >= 11 is 0. The molecule has 4 nitrogen and oxygen atoms in total. The second-order valence-corrected chi connectivity index (χ2v) is 7.10. The van der Waals surface area contributed by atoms with E-state index in [1.54, 1.807) is 24.3 Å². The molecule has 0 amide bonds. The Bertz CT molecular complexity index is 789. The molecule has 0 unspecified atom stereocenters. The molecule has 0 saturated heterocycles. The van der Waals surface area contributed by atoms with Crippen molar-refractivity contribution < 1.29 is 19.0 Å². The molecular weight excluding hydrogens is 352 g/mol. The zero-order valence-corrected chi connectivity index (χ0v) is 17.4. The quantitative estimate of drug-likeness (QED) is 0.376. The minimum atomic E-state index is -0.0694. The van der Waals surface area contributed by atoms with Crippen LogP contribution in [0.5, 0.6) is 17.2 Å². The van der Waals surface area contributed by atoms with Crippen LogP contribution in [0, 0.1) is 0 Å². The topological polar surface area (TPSA) is 44.8 Å². The normalized spacial score (nSPS) is 11.2. The molecule has 0 spiro atoms. The van der Waals surface area contributed by atoms with Crippen LogP contribution in [0.1, 0.15) is 57.0 Å². The Balaban J connectivity index is 2.15. The van der Waals surface area contributed by atoms with Gasteiger partial charge in [0, 0.05) is 17.2 Å². The fourth-order valence-corrected chi connectivity index (χ4v) is 2.55. The fourth-order valence-electron chi connectivity index (χ4n) is 2.55. The number of ketones is 1. The molecule has 0 saturated carbocycles. The first-order valence-corrected chi connectivity index (χ1v) is 9.81. The Kier molecular flexibility index (Phi) is 8.12. The summed E-state index contributed by atoms with van der Waals surface area (Å²) in [6.07, 6.45) is 4.39. The lowest BCUT2D eigenvalue weighted by molar-refractivity contribution is 0.104. The molecule has 2 aromatic carbocycles. The Morgan fingerprint density at radius 2 is 1.57 bits per heavy atom. The minimum Gasteiger partial charge on any atom is -0.494 e. The highest BCUT2D eigenvalue weighted by Crippen LogP contribution is 2.28. The summed E-state index contributed by atoms with van der Waals surface area (Å²) in [5.41, 5.74) is 1.45. The highest BCUT2D eigenvalue weighted by atomic mass is 16.5. The summed E-state index contributed by atoms with van der Waals surface area (Å²) in [5.74, 6) is 2.15. The molecule has 0 aromatic heterocycles. The van der Waals surface area contributed by atoms with E-state index in [1.807, 2.05) is 58.0 Å². The molecule has 0 aliphatic carbocycles. The van der Waals surface area contributed by atoms with Gasteiger partial charge >= 0.3 is 0 Å². The summed E-state index contributed by atoms with van der Waals surface area (Å²) in [7, 11) is 0. The van der Waals surface area contributed by atoms with Gasteiger partial charge in [0.05, 0.1) is 18.8 Å². The molecule has 150 valence electrons. The second-order valence-electron chi connectivity index (χ2n) is 7.10. The summed E-state index contributed by atoms with van der Waals surface area (Å²) in [4.78, 5) is 12.5. The first kappa shape index (κ1) is 21.5. The van der Waals surface area contributed by atoms with E-state index in [1.165, 1.54) is 0 Å². The highest BCUT2D eigenvalue weighted by Gasteiger charge is 2.09. The Labute approximate surface area is 168 Å². The number of ether oxygens (including phenoxy) is 3. The van der Waals surface area contributed by atoms with E-state index < -0.39 is 0 Å². The molecule has 0 aliphatic rings. The number of carbonyl (C=O) groups is 1. The molecule has 0 atom stereocenters. The first-order chi connectivity index (χ1) is 13.4. The predicted octanol–water partition coefficient (Wildman–Crippen LogP) is 5.95. The number of hydrogen-bond acceptors (Lipinski definition) is 4. The van der Waals surface area contributed by atoms with Gasteiger partial charge in [0.1, 0.15) is 17.2 Å². The summed E-state index contributed by atoms with van der Waals surface area (Å²) in [6.45, 7) is 10.6. The maximum atomic E-state index is 12.5. The van der Waals surface area contributed by atoms with Crippen molar-refractivity contribution in [3.63, 3.8) is 0 Å². The molecular formula is C24H30O4. The van der Waals surface area contributed by atoms with Crippen LogP contribution in [-0.2, 0) is 0 Å². The van der Waals surface area contributed by atoms with Crippen molar-refractivity contribution in [1.82, 2.24) is 0 Å². The van der Waals surface area contributed by atoms with E-state index >= 15 is 0 Å². The lowest BCUT2D eigenvalue weighted by atomic mass is 10.1. The van der Waals surface area contributed by atoms with Gasteiger partial charge in [0.2, 0.25) is 0 Å². The molecule has 4 heteroatoms. The van der Waals surface area contributed by atoms with Crippen LogP contribution in [-0.4, -0.2) is 24.6 Å². The third kappa shape index (κ3) is 6.76. The van der Waals surface area contributed by atoms with E-state index in [-0.39, 0.29) is 18.0 Å². The van der Waals surface area contributed by atoms with Crippen molar-refractivity contribution in [3.8, 4) is 17.2 Å². The maximum Gasteiger partial charge on any atom is 0.185 e. The van der Waals surface area contributed by atoms with E-state index in [0.29, 0.717) is 17.9 Å². The van der Waals surface area contributed by atoms with Gasteiger partial charge in [0.15, 0.2) is 5.78 Å². The second kappa shape index (κ2) is 10.5. The summed E-state index contributed by atoms with van der Waals surface area (Å²) in [6, 6.07) is 12.9. The molecule has 0 radical (unpaired) electrons.